The Hall–Kier alpha value is -2.94. The number of H-pyrrole nitrogens is 1. The SMILES string of the molecule is C[C@H]1NC(=O)O[C@@]12CCC[C@H](Nc1nc(-c3c[nH]c4ncc(Cl)cc34)ncc1F)C2. The summed E-state index contributed by atoms with van der Waals surface area (Å²) in [7, 11) is 0. The average molecular weight is 431 g/mol. The monoisotopic (exact) mass is 430 g/mol. The molecule has 3 atom stereocenters. The van der Waals surface area contributed by atoms with Crippen LogP contribution in [0.2, 0.25) is 5.02 Å². The first-order chi connectivity index (χ1) is 14.4. The Morgan fingerprint density at radius 2 is 2.23 bits per heavy atom. The van der Waals surface area contributed by atoms with Gasteiger partial charge in [0.1, 0.15) is 11.2 Å². The molecule has 4 heterocycles. The van der Waals surface area contributed by atoms with Gasteiger partial charge in [-0.05, 0) is 32.3 Å². The summed E-state index contributed by atoms with van der Waals surface area (Å²) in [5.41, 5.74) is 0.764. The number of carbonyl (C=O) groups excluding carboxylic acids is 1. The molecule has 0 radical (unpaired) electrons. The van der Waals surface area contributed by atoms with Gasteiger partial charge in [0, 0.05) is 35.8 Å². The maximum Gasteiger partial charge on any atom is 0.408 e. The van der Waals surface area contributed by atoms with Crippen molar-refractivity contribution in [1.82, 2.24) is 25.3 Å². The number of ether oxygens (including phenoxy) is 1. The highest BCUT2D eigenvalue weighted by molar-refractivity contribution is 6.31. The maximum atomic E-state index is 14.5. The summed E-state index contributed by atoms with van der Waals surface area (Å²) < 4.78 is 20.1. The van der Waals surface area contributed by atoms with Gasteiger partial charge in [-0.1, -0.05) is 11.6 Å². The van der Waals surface area contributed by atoms with Crippen LogP contribution in [0.3, 0.4) is 0 Å². The van der Waals surface area contributed by atoms with E-state index >= 15 is 0 Å². The molecule has 1 spiro atoms. The van der Waals surface area contributed by atoms with Gasteiger partial charge >= 0.3 is 6.09 Å². The molecule has 0 aromatic carbocycles. The number of hydrogen-bond acceptors (Lipinski definition) is 6. The van der Waals surface area contributed by atoms with E-state index in [0.29, 0.717) is 28.5 Å². The molecule has 10 heteroatoms. The molecule has 0 bridgehead atoms. The quantitative estimate of drug-likeness (QED) is 0.579. The molecule has 3 N–H and O–H groups in total. The number of halogens is 2. The number of hydrogen-bond donors (Lipinski definition) is 3. The maximum absolute atomic E-state index is 14.5. The highest BCUT2D eigenvalue weighted by atomic mass is 35.5. The first-order valence-electron chi connectivity index (χ1n) is 9.85. The number of aromatic nitrogens is 4. The Bertz CT molecular complexity index is 1140. The van der Waals surface area contributed by atoms with Gasteiger partial charge in [-0.2, -0.15) is 0 Å². The van der Waals surface area contributed by atoms with E-state index in [1.807, 2.05) is 6.92 Å². The van der Waals surface area contributed by atoms with E-state index in [1.165, 1.54) is 0 Å². The molecule has 8 nitrogen and oxygen atoms in total. The molecule has 2 fully saturated rings. The van der Waals surface area contributed by atoms with Gasteiger partial charge in [-0.25, -0.2) is 24.1 Å². The van der Waals surface area contributed by atoms with Gasteiger partial charge in [-0.15, -0.1) is 0 Å². The summed E-state index contributed by atoms with van der Waals surface area (Å²) in [5, 5.41) is 7.26. The summed E-state index contributed by atoms with van der Waals surface area (Å²) in [6, 6.07) is 1.60. The molecule has 1 amide bonds. The topological polar surface area (TPSA) is 105 Å². The Kier molecular flexibility index (Phi) is 4.50. The summed E-state index contributed by atoms with van der Waals surface area (Å²) in [5.74, 6) is -0.0534. The first-order valence-corrected chi connectivity index (χ1v) is 10.2. The highest BCUT2D eigenvalue weighted by Gasteiger charge is 2.49. The number of nitrogens with zero attached hydrogens (tertiary/aromatic N) is 3. The van der Waals surface area contributed by atoms with Gasteiger partial charge < -0.3 is 20.4 Å². The second-order valence-electron chi connectivity index (χ2n) is 7.90. The molecule has 1 saturated heterocycles. The lowest BCUT2D eigenvalue weighted by atomic mass is 9.78. The Balaban J connectivity index is 1.43. The minimum absolute atomic E-state index is 0.0785. The minimum atomic E-state index is -0.571. The van der Waals surface area contributed by atoms with Crippen molar-refractivity contribution in [3.8, 4) is 11.4 Å². The molecule has 3 aromatic rings. The zero-order chi connectivity index (χ0) is 20.9. The third kappa shape index (κ3) is 3.23. The molecule has 1 saturated carbocycles. The number of alkyl carbamates (subject to hydrolysis) is 1. The van der Waals surface area contributed by atoms with Crippen LogP contribution in [0, 0.1) is 5.82 Å². The van der Waals surface area contributed by atoms with E-state index < -0.39 is 17.5 Å². The normalized spacial score (nSPS) is 26.0. The average Bonchev–Trinajstić information content (AvgIpc) is 3.24. The van der Waals surface area contributed by atoms with Crippen molar-refractivity contribution in [3.05, 3.63) is 35.5 Å². The standard InChI is InChI=1S/C20H20ClFN6O2/c1-10-20(30-19(29)26-10)4-2-3-12(6-20)27-18-15(22)9-25-17(28-18)14-8-24-16-13(14)5-11(21)7-23-16/h5,7-10,12H,2-4,6H2,1H3,(H,23,24)(H,26,29)(H,25,27,28)/t10-,12+,20-/m1/s1. The van der Waals surface area contributed by atoms with Gasteiger partial charge in [0.25, 0.3) is 0 Å². The highest BCUT2D eigenvalue weighted by Crippen LogP contribution is 2.39. The number of carbonyl (C=O) groups is 1. The van der Waals surface area contributed by atoms with Gasteiger partial charge in [-0.3, -0.25) is 0 Å². The molecule has 1 aliphatic carbocycles. The molecule has 30 heavy (non-hydrogen) atoms. The smallest absolute Gasteiger partial charge is 0.408 e. The molecule has 5 rings (SSSR count). The van der Waals surface area contributed by atoms with E-state index in [4.69, 9.17) is 16.3 Å². The van der Waals surface area contributed by atoms with E-state index in [0.717, 1.165) is 30.8 Å². The van der Waals surface area contributed by atoms with Crippen LogP contribution < -0.4 is 10.6 Å². The lowest BCUT2D eigenvalue weighted by molar-refractivity contribution is 0.00441. The van der Waals surface area contributed by atoms with E-state index in [1.54, 1.807) is 18.5 Å². The lowest BCUT2D eigenvalue weighted by Crippen LogP contribution is -2.48. The van der Waals surface area contributed by atoms with Crippen LogP contribution in [0.15, 0.2) is 24.7 Å². The van der Waals surface area contributed by atoms with E-state index in [2.05, 4.69) is 30.6 Å². The molecule has 0 unspecified atom stereocenters. The third-order valence-corrected chi connectivity index (χ3v) is 6.19. The van der Waals surface area contributed by atoms with Crippen LogP contribution in [0.1, 0.15) is 32.6 Å². The van der Waals surface area contributed by atoms with Crippen molar-refractivity contribution in [2.45, 2.75) is 50.3 Å². The molecule has 3 aromatic heterocycles. The second kappa shape index (κ2) is 7.09. The van der Waals surface area contributed by atoms with Crippen LogP contribution >= 0.6 is 11.6 Å². The predicted molar refractivity (Wildman–Crippen MR) is 110 cm³/mol. The summed E-state index contributed by atoms with van der Waals surface area (Å²) in [6.07, 6.45) is 7.09. The summed E-state index contributed by atoms with van der Waals surface area (Å²) in [4.78, 5) is 27.6. The zero-order valence-electron chi connectivity index (χ0n) is 16.2. The van der Waals surface area contributed by atoms with E-state index in [9.17, 15) is 9.18 Å². The molecule has 2 aliphatic rings. The molecule has 1 aliphatic heterocycles. The third-order valence-electron chi connectivity index (χ3n) is 5.99. The van der Waals surface area contributed by atoms with Crippen molar-refractivity contribution in [1.29, 1.82) is 0 Å². The summed E-state index contributed by atoms with van der Waals surface area (Å²) in [6.45, 7) is 1.94. The number of rotatable bonds is 3. The fourth-order valence-corrected chi connectivity index (χ4v) is 4.60. The zero-order valence-corrected chi connectivity index (χ0v) is 17.0. The molecular weight excluding hydrogens is 411 g/mol. The largest absolute Gasteiger partial charge is 0.441 e. The van der Waals surface area contributed by atoms with Crippen molar-refractivity contribution < 1.29 is 13.9 Å². The Labute approximate surface area is 176 Å². The fraction of sp³-hybridized carbons (Fsp3) is 0.400. The van der Waals surface area contributed by atoms with Crippen LogP contribution in [-0.4, -0.2) is 43.7 Å². The van der Waals surface area contributed by atoms with Crippen LogP contribution in [0.4, 0.5) is 15.0 Å². The number of fused-ring (bicyclic) bond motifs is 1. The first kappa shape index (κ1) is 19.0. The van der Waals surface area contributed by atoms with Crippen LogP contribution in [0.25, 0.3) is 22.4 Å². The van der Waals surface area contributed by atoms with Gasteiger partial charge in [0.15, 0.2) is 17.5 Å². The van der Waals surface area contributed by atoms with Crippen molar-refractivity contribution in [3.63, 3.8) is 0 Å². The number of amides is 1. The molecular formula is C20H20ClFN6O2. The fourth-order valence-electron chi connectivity index (χ4n) is 4.44. The second-order valence-corrected chi connectivity index (χ2v) is 8.34. The Morgan fingerprint density at radius 3 is 3.03 bits per heavy atom. The van der Waals surface area contributed by atoms with Crippen molar-refractivity contribution in [2.75, 3.05) is 5.32 Å². The predicted octanol–water partition coefficient (Wildman–Crippen LogP) is 4.03. The van der Waals surface area contributed by atoms with Crippen molar-refractivity contribution >= 4 is 34.5 Å². The van der Waals surface area contributed by atoms with Gasteiger partial charge in [0.05, 0.1) is 17.3 Å². The number of anilines is 1. The van der Waals surface area contributed by atoms with Crippen molar-refractivity contribution in [2.24, 2.45) is 0 Å². The number of aromatic amines is 1. The number of pyridine rings is 1. The minimum Gasteiger partial charge on any atom is -0.441 e. The van der Waals surface area contributed by atoms with Gasteiger partial charge in [0.2, 0.25) is 0 Å². The number of nitrogens with one attached hydrogen (secondary N) is 3. The van der Waals surface area contributed by atoms with Crippen LogP contribution in [0.5, 0.6) is 0 Å². The van der Waals surface area contributed by atoms with E-state index in [-0.39, 0.29) is 17.9 Å². The Morgan fingerprint density at radius 1 is 1.37 bits per heavy atom. The lowest BCUT2D eigenvalue weighted by Gasteiger charge is -2.38. The molecule has 156 valence electrons. The van der Waals surface area contributed by atoms with Crippen LogP contribution in [-0.2, 0) is 4.74 Å². The summed E-state index contributed by atoms with van der Waals surface area (Å²) >= 11 is 6.07.